The van der Waals surface area contributed by atoms with Crippen LogP contribution >= 0.6 is 23.2 Å². The van der Waals surface area contributed by atoms with E-state index in [4.69, 9.17) is 32.4 Å². The van der Waals surface area contributed by atoms with E-state index in [1.807, 2.05) is 56.3 Å². The van der Waals surface area contributed by atoms with Gasteiger partial charge in [-0.1, -0.05) is 60.5 Å². The first kappa shape index (κ1) is 23.5. The first-order valence-electron chi connectivity index (χ1n) is 11.4. The van der Waals surface area contributed by atoms with Crippen LogP contribution in [0.2, 0.25) is 10.0 Å². The molecule has 0 radical (unpaired) electrons. The Morgan fingerprint density at radius 2 is 1.74 bits per heavy atom. The lowest BCUT2D eigenvalue weighted by atomic mass is 9.98. The molecule has 0 aliphatic carbocycles. The first-order valence-corrected chi connectivity index (χ1v) is 12.2. The van der Waals surface area contributed by atoms with E-state index in [9.17, 15) is 9.59 Å². The lowest BCUT2D eigenvalue weighted by Gasteiger charge is -2.25. The molecule has 5 nitrogen and oxygen atoms in total. The SMILES string of the molecule is CCCOc1ccc(C2c3c(oc4cc(C)c(Cl)cc4c3=O)C(=O)N2Cc2ccccc2Cl)cc1. The van der Waals surface area contributed by atoms with E-state index in [-0.39, 0.29) is 23.6 Å². The summed E-state index contributed by atoms with van der Waals surface area (Å²) in [4.78, 5) is 29.0. The highest BCUT2D eigenvalue weighted by molar-refractivity contribution is 6.32. The molecule has 0 spiro atoms. The molecule has 0 N–H and O–H groups in total. The Balaban J connectivity index is 1.68. The van der Waals surface area contributed by atoms with Crippen molar-refractivity contribution in [2.45, 2.75) is 32.9 Å². The summed E-state index contributed by atoms with van der Waals surface area (Å²) in [6.45, 7) is 4.69. The number of carbonyl (C=O) groups excluding carboxylic acids is 1. The summed E-state index contributed by atoms with van der Waals surface area (Å²) in [5.74, 6) is 0.418. The Bertz CT molecular complexity index is 1490. The second-order valence-electron chi connectivity index (χ2n) is 8.62. The highest BCUT2D eigenvalue weighted by Crippen LogP contribution is 2.40. The van der Waals surface area contributed by atoms with Crippen molar-refractivity contribution in [3.8, 4) is 5.75 Å². The van der Waals surface area contributed by atoms with Gasteiger partial charge >= 0.3 is 0 Å². The molecule has 1 aromatic heterocycles. The fraction of sp³-hybridized carbons (Fsp3) is 0.214. The minimum Gasteiger partial charge on any atom is -0.494 e. The summed E-state index contributed by atoms with van der Waals surface area (Å²) in [6.07, 6.45) is 0.897. The van der Waals surface area contributed by atoms with Gasteiger partial charge in [-0.25, -0.2) is 0 Å². The molecule has 35 heavy (non-hydrogen) atoms. The van der Waals surface area contributed by atoms with Gasteiger partial charge in [0, 0.05) is 16.6 Å². The predicted molar refractivity (Wildman–Crippen MR) is 138 cm³/mol. The summed E-state index contributed by atoms with van der Waals surface area (Å²) in [5.41, 5.74) is 2.69. The molecule has 178 valence electrons. The number of hydrogen-bond acceptors (Lipinski definition) is 4. The third kappa shape index (κ3) is 4.19. The summed E-state index contributed by atoms with van der Waals surface area (Å²) in [5, 5.41) is 1.36. The molecule has 4 aromatic rings. The van der Waals surface area contributed by atoms with Crippen LogP contribution in [0.1, 0.15) is 52.2 Å². The summed E-state index contributed by atoms with van der Waals surface area (Å²) in [6, 6.07) is 17.5. The molecule has 0 saturated heterocycles. The Morgan fingerprint density at radius 3 is 2.46 bits per heavy atom. The number of aryl methyl sites for hydroxylation is 1. The van der Waals surface area contributed by atoms with Crippen LogP contribution in [-0.2, 0) is 6.54 Å². The van der Waals surface area contributed by atoms with Gasteiger partial charge in [-0.15, -0.1) is 0 Å². The molecule has 1 aliphatic rings. The van der Waals surface area contributed by atoms with Crippen molar-refractivity contribution in [1.82, 2.24) is 4.90 Å². The number of hydrogen-bond donors (Lipinski definition) is 0. The smallest absolute Gasteiger partial charge is 0.291 e. The average Bonchev–Trinajstić information content (AvgIpc) is 3.12. The Labute approximate surface area is 212 Å². The van der Waals surface area contributed by atoms with Crippen LogP contribution in [0.4, 0.5) is 0 Å². The Morgan fingerprint density at radius 1 is 1.00 bits per heavy atom. The minimum atomic E-state index is -0.644. The van der Waals surface area contributed by atoms with Gasteiger partial charge < -0.3 is 14.1 Å². The Kier molecular flexibility index (Phi) is 6.30. The number of benzene rings is 3. The average molecular weight is 508 g/mol. The maximum Gasteiger partial charge on any atom is 0.291 e. The maximum absolute atomic E-state index is 13.7. The van der Waals surface area contributed by atoms with Crippen molar-refractivity contribution in [1.29, 1.82) is 0 Å². The highest BCUT2D eigenvalue weighted by Gasteiger charge is 2.43. The van der Waals surface area contributed by atoms with Gasteiger partial charge in [0.25, 0.3) is 5.91 Å². The monoisotopic (exact) mass is 507 g/mol. The van der Waals surface area contributed by atoms with Crippen LogP contribution in [0.15, 0.2) is 69.9 Å². The van der Waals surface area contributed by atoms with Crippen LogP contribution in [0.5, 0.6) is 5.75 Å². The summed E-state index contributed by atoms with van der Waals surface area (Å²) < 4.78 is 11.8. The fourth-order valence-electron chi connectivity index (χ4n) is 4.43. The fourth-order valence-corrected chi connectivity index (χ4v) is 4.79. The molecule has 3 aromatic carbocycles. The zero-order valence-electron chi connectivity index (χ0n) is 19.3. The van der Waals surface area contributed by atoms with Gasteiger partial charge in [-0.05, 0) is 60.4 Å². The van der Waals surface area contributed by atoms with Crippen molar-refractivity contribution in [3.05, 3.63) is 109 Å². The van der Waals surface area contributed by atoms with Crippen LogP contribution in [0.25, 0.3) is 11.0 Å². The van der Waals surface area contributed by atoms with E-state index >= 15 is 0 Å². The normalized spacial score (nSPS) is 15.0. The number of nitrogens with zero attached hydrogens (tertiary/aromatic N) is 1. The van der Waals surface area contributed by atoms with E-state index < -0.39 is 6.04 Å². The maximum atomic E-state index is 13.7. The Hall–Kier alpha value is -3.28. The molecule has 0 fully saturated rings. The lowest BCUT2D eigenvalue weighted by molar-refractivity contribution is 0.0714. The number of ether oxygens (including phenoxy) is 1. The number of carbonyl (C=O) groups is 1. The minimum absolute atomic E-state index is 0.0487. The van der Waals surface area contributed by atoms with Crippen LogP contribution in [0.3, 0.4) is 0 Å². The van der Waals surface area contributed by atoms with Crippen molar-refractivity contribution in [3.63, 3.8) is 0 Å². The van der Waals surface area contributed by atoms with Crippen LogP contribution in [0, 0.1) is 6.92 Å². The molecule has 1 atom stereocenters. The molecule has 1 unspecified atom stereocenters. The molecule has 2 heterocycles. The van der Waals surface area contributed by atoms with Crippen molar-refractivity contribution < 1.29 is 13.9 Å². The van der Waals surface area contributed by atoms with E-state index in [0.29, 0.717) is 33.2 Å². The molecule has 1 aliphatic heterocycles. The molecule has 0 bridgehead atoms. The predicted octanol–water partition coefficient (Wildman–Crippen LogP) is 6.94. The quantitative estimate of drug-likeness (QED) is 0.283. The van der Waals surface area contributed by atoms with Crippen molar-refractivity contribution >= 4 is 40.1 Å². The third-order valence-electron chi connectivity index (χ3n) is 6.21. The van der Waals surface area contributed by atoms with Gasteiger partial charge in [0.1, 0.15) is 11.3 Å². The largest absolute Gasteiger partial charge is 0.494 e. The molecular formula is C28H23Cl2NO4. The summed E-state index contributed by atoms with van der Waals surface area (Å²) in [7, 11) is 0. The molecule has 1 amide bonds. The number of halogens is 2. The highest BCUT2D eigenvalue weighted by atomic mass is 35.5. The van der Waals surface area contributed by atoms with E-state index in [2.05, 4.69) is 0 Å². The molecule has 7 heteroatoms. The van der Waals surface area contributed by atoms with Crippen molar-refractivity contribution in [2.24, 2.45) is 0 Å². The zero-order chi connectivity index (χ0) is 24.7. The molecule has 0 saturated carbocycles. The van der Waals surface area contributed by atoms with Gasteiger partial charge in [-0.2, -0.15) is 0 Å². The van der Waals surface area contributed by atoms with Gasteiger partial charge in [0.05, 0.1) is 23.6 Å². The first-order chi connectivity index (χ1) is 16.9. The van der Waals surface area contributed by atoms with Crippen molar-refractivity contribution in [2.75, 3.05) is 6.61 Å². The van der Waals surface area contributed by atoms with Gasteiger partial charge in [0.2, 0.25) is 5.76 Å². The summed E-state index contributed by atoms with van der Waals surface area (Å²) >= 11 is 12.7. The van der Waals surface area contributed by atoms with E-state index in [1.165, 1.54) is 0 Å². The van der Waals surface area contributed by atoms with Gasteiger partial charge in [0.15, 0.2) is 5.43 Å². The molecular weight excluding hydrogens is 485 g/mol. The van der Waals surface area contributed by atoms with E-state index in [1.54, 1.807) is 23.1 Å². The van der Waals surface area contributed by atoms with Crippen LogP contribution < -0.4 is 10.2 Å². The number of fused-ring (bicyclic) bond motifs is 2. The standard InChI is InChI=1S/C28H23Cl2NO4/c1-3-12-34-19-10-8-17(9-11-19)25-24-26(32)20-14-22(30)16(2)13-23(20)35-27(24)28(33)31(25)15-18-6-4-5-7-21(18)29/h4-11,13-14,25H,3,12,15H2,1-2H3. The van der Waals surface area contributed by atoms with Gasteiger partial charge in [-0.3, -0.25) is 9.59 Å². The number of rotatable bonds is 6. The van der Waals surface area contributed by atoms with Crippen LogP contribution in [-0.4, -0.2) is 17.4 Å². The topological polar surface area (TPSA) is 59.8 Å². The van der Waals surface area contributed by atoms with E-state index in [0.717, 1.165) is 28.9 Å². The number of amides is 1. The second-order valence-corrected chi connectivity index (χ2v) is 9.43. The lowest BCUT2D eigenvalue weighted by Crippen LogP contribution is -2.29. The zero-order valence-corrected chi connectivity index (χ0v) is 20.8. The third-order valence-corrected chi connectivity index (χ3v) is 6.99. The molecule has 5 rings (SSSR count). The second kappa shape index (κ2) is 9.40.